The van der Waals surface area contributed by atoms with Crippen molar-refractivity contribution in [2.45, 2.75) is 70.1 Å². The van der Waals surface area contributed by atoms with E-state index < -0.39 is 15.5 Å². The minimum atomic E-state index is -5.45. The average molecular weight is 471 g/mol. The summed E-state index contributed by atoms with van der Waals surface area (Å²) in [4.78, 5) is 9.19. The summed E-state index contributed by atoms with van der Waals surface area (Å²) in [6.45, 7) is 1.78. The molecule has 32 heavy (non-hydrogen) atoms. The fourth-order valence-electron chi connectivity index (χ4n) is 4.98. The zero-order valence-corrected chi connectivity index (χ0v) is 18.9. The Morgan fingerprint density at radius 2 is 1.94 bits per heavy atom. The van der Waals surface area contributed by atoms with Gasteiger partial charge in [-0.3, -0.25) is 0 Å². The largest absolute Gasteiger partial charge is 0.511 e. The SMILES string of the molecule is Cc1ccc2c(c1)CN(S(=O)(=O)C(F)(F)F)C[C@H](CCC1CCCC1)N2Cc1cnc[nH]1. The quantitative estimate of drug-likeness (QED) is 0.663. The number of nitrogens with one attached hydrogen (secondary N) is 1. The second-order valence-electron chi connectivity index (χ2n) is 8.96. The third-order valence-electron chi connectivity index (χ3n) is 6.66. The van der Waals surface area contributed by atoms with Crippen LogP contribution in [0.15, 0.2) is 30.7 Å². The van der Waals surface area contributed by atoms with E-state index in [1.807, 2.05) is 19.1 Å². The van der Waals surface area contributed by atoms with Crippen molar-refractivity contribution in [2.75, 3.05) is 11.4 Å². The number of rotatable bonds is 6. The molecule has 0 unspecified atom stereocenters. The van der Waals surface area contributed by atoms with E-state index in [0.29, 0.717) is 28.8 Å². The van der Waals surface area contributed by atoms with E-state index in [2.05, 4.69) is 14.9 Å². The molecule has 0 spiro atoms. The maximum absolute atomic E-state index is 13.5. The molecule has 1 aliphatic carbocycles. The number of aryl methyl sites for hydroxylation is 1. The topological polar surface area (TPSA) is 69.3 Å². The third-order valence-corrected chi connectivity index (χ3v) is 8.20. The minimum absolute atomic E-state index is 0.198. The highest BCUT2D eigenvalue weighted by molar-refractivity contribution is 7.89. The maximum Gasteiger partial charge on any atom is 0.511 e. The highest BCUT2D eigenvalue weighted by Gasteiger charge is 2.51. The van der Waals surface area contributed by atoms with E-state index >= 15 is 0 Å². The molecule has 1 aliphatic heterocycles. The summed E-state index contributed by atoms with van der Waals surface area (Å²) in [5, 5.41) is 0. The molecule has 1 N–H and O–H groups in total. The third kappa shape index (κ3) is 4.80. The standard InChI is InChI=1S/C22H29F3N4O2S/c1-16-6-9-21-18(10-16)12-28(32(30,31)22(23,24)25)14-20(8-7-17-4-2-3-5-17)29(21)13-19-11-26-15-27-19/h6,9-11,15,17,20H,2-5,7-8,12-14H2,1H3,(H,26,27)/t20-/m0/s1. The Hall–Kier alpha value is -2.07. The van der Waals surface area contributed by atoms with Gasteiger partial charge in [-0.1, -0.05) is 43.4 Å². The summed E-state index contributed by atoms with van der Waals surface area (Å²) in [6.07, 6.45) is 9.41. The van der Waals surface area contributed by atoms with Crippen LogP contribution in [0.25, 0.3) is 0 Å². The summed E-state index contributed by atoms with van der Waals surface area (Å²) >= 11 is 0. The number of nitrogens with zero attached hydrogens (tertiary/aromatic N) is 3. The maximum atomic E-state index is 13.5. The van der Waals surface area contributed by atoms with Crippen molar-refractivity contribution >= 4 is 15.7 Å². The van der Waals surface area contributed by atoms with E-state index in [1.54, 1.807) is 18.6 Å². The second kappa shape index (κ2) is 9.05. The Morgan fingerprint density at radius 3 is 2.59 bits per heavy atom. The van der Waals surface area contributed by atoms with E-state index in [4.69, 9.17) is 0 Å². The van der Waals surface area contributed by atoms with Crippen molar-refractivity contribution in [3.8, 4) is 0 Å². The highest BCUT2D eigenvalue weighted by atomic mass is 32.2. The van der Waals surface area contributed by atoms with E-state index in [0.717, 1.165) is 36.2 Å². The van der Waals surface area contributed by atoms with Crippen LogP contribution >= 0.6 is 0 Å². The molecule has 1 atom stereocenters. The lowest BCUT2D eigenvalue weighted by Crippen LogP contribution is -2.47. The van der Waals surface area contributed by atoms with Crippen molar-refractivity contribution in [3.63, 3.8) is 0 Å². The van der Waals surface area contributed by atoms with Gasteiger partial charge in [0.25, 0.3) is 0 Å². The molecule has 4 rings (SSSR count). The van der Waals surface area contributed by atoms with Crippen LogP contribution in [0.2, 0.25) is 0 Å². The van der Waals surface area contributed by atoms with Crippen molar-refractivity contribution in [3.05, 3.63) is 47.5 Å². The van der Waals surface area contributed by atoms with Crippen molar-refractivity contribution in [1.82, 2.24) is 14.3 Å². The molecule has 2 aromatic rings. The number of fused-ring (bicyclic) bond motifs is 1. The molecule has 0 bridgehead atoms. The Labute approximate surface area is 186 Å². The Balaban J connectivity index is 1.73. The zero-order valence-electron chi connectivity index (χ0n) is 18.1. The van der Waals surface area contributed by atoms with Gasteiger partial charge >= 0.3 is 15.5 Å². The van der Waals surface area contributed by atoms with Gasteiger partial charge in [-0.15, -0.1) is 0 Å². The van der Waals surface area contributed by atoms with Gasteiger partial charge in [-0.25, -0.2) is 13.4 Å². The van der Waals surface area contributed by atoms with Crippen LogP contribution < -0.4 is 4.90 Å². The molecular formula is C22H29F3N4O2S. The van der Waals surface area contributed by atoms with E-state index in [9.17, 15) is 21.6 Å². The lowest BCUT2D eigenvalue weighted by molar-refractivity contribution is -0.0492. The van der Waals surface area contributed by atoms with Crippen molar-refractivity contribution in [2.24, 2.45) is 5.92 Å². The van der Waals surface area contributed by atoms with Crippen LogP contribution in [0.3, 0.4) is 0 Å². The molecule has 1 fully saturated rings. The molecule has 1 saturated carbocycles. The predicted octanol–water partition coefficient (Wildman–Crippen LogP) is 4.73. The number of anilines is 1. The molecule has 0 amide bonds. The number of hydrogen-bond acceptors (Lipinski definition) is 4. The molecule has 10 heteroatoms. The van der Waals surface area contributed by atoms with Crippen LogP contribution in [0.1, 0.15) is 55.3 Å². The van der Waals surface area contributed by atoms with E-state index in [-0.39, 0.29) is 19.1 Å². The molecule has 0 saturated heterocycles. The van der Waals surface area contributed by atoms with Gasteiger partial charge in [-0.2, -0.15) is 17.5 Å². The molecule has 1 aromatic carbocycles. The molecule has 176 valence electrons. The van der Waals surface area contributed by atoms with Crippen LogP contribution in [0, 0.1) is 12.8 Å². The van der Waals surface area contributed by atoms with Gasteiger partial charge in [0.1, 0.15) is 0 Å². The number of benzene rings is 1. The number of H-pyrrole nitrogens is 1. The summed E-state index contributed by atoms with van der Waals surface area (Å²) in [7, 11) is -5.45. The molecular weight excluding hydrogens is 441 g/mol. The first kappa shape index (κ1) is 23.1. The van der Waals surface area contributed by atoms with Crippen LogP contribution in [0.5, 0.6) is 0 Å². The van der Waals surface area contributed by atoms with Gasteiger partial charge < -0.3 is 9.88 Å². The number of aromatic amines is 1. The number of sulfonamides is 1. The number of imidazole rings is 1. The summed E-state index contributed by atoms with van der Waals surface area (Å²) < 4.78 is 66.1. The lowest BCUT2D eigenvalue weighted by Gasteiger charge is -2.34. The average Bonchev–Trinajstić information content (AvgIpc) is 3.40. The first-order valence-electron chi connectivity index (χ1n) is 11.0. The van der Waals surface area contributed by atoms with Gasteiger partial charge in [-0.05, 0) is 37.3 Å². The molecule has 2 aliphatic rings. The smallest absolute Gasteiger partial charge is 0.361 e. The van der Waals surface area contributed by atoms with Crippen LogP contribution in [-0.2, 0) is 23.1 Å². The first-order valence-corrected chi connectivity index (χ1v) is 12.5. The van der Waals surface area contributed by atoms with Gasteiger partial charge in [0, 0.05) is 31.0 Å². The summed E-state index contributed by atoms with van der Waals surface area (Å²) in [6, 6.07) is 5.22. The predicted molar refractivity (Wildman–Crippen MR) is 116 cm³/mol. The number of hydrogen-bond donors (Lipinski definition) is 1. The van der Waals surface area contributed by atoms with Gasteiger partial charge in [0.15, 0.2) is 0 Å². The molecule has 1 aromatic heterocycles. The normalized spacial score (nSPS) is 21.0. The second-order valence-corrected chi connectivity index (χ2v) is 10.9. The molecule has 6 nitrogen and oxygen atoms in total. The van der Waals surface area contributed by atoms with Crippen LogP contribution in [0.4, 0.5) is 18.9 Å². The van der Waals surface area contributed by atoms with Crippen LogP contribution in [-0.4, -0.2) is 40.8 Å². The molecule has 0 radical (unpaired) electrons. The van der Waals surface area contributed by atoms with Crippen molar-refractivity contribution < 1.29 is 21.6 Å². The zero-order chi connectivity index (χ0) is 22.9. The fourth-order valence-corrected chi connectivity index (χ4v) is 5.95. The summed E-state index contributed by atoms with van der Waals surface area (Å²) in [5.74, 6) is 0.553. The van der Waals surface area contributed by atoms with E-state index in [1.165, 1.54) is 12.8 Å². The highest BCUT2D eigenvalue weighted by Crippen LogP contribution is 2.37. The molecule has 2 heterocycles. The lowest BCUT2D eigenvalue weighted by atomic mass is 9.97. The minimum Gasteiger partial charge on any atom is -0.361 e. The summed E-state index contributed by atoms with van der Waals surface area (Å²) in [5.41, 5.74) is -2.26. The van der Waals surface area contributed by atoms with Gasteiger partial charge in [0.2, 0.25) is 0 Å². The fraction of sp³-hybridized carbons (Fsp3) is 0.591. The number of alkyl halides is 3. The first-order chi connectivity index (χ1) is 15.1. The Kier molecular flexibility index (Phi) is 6.53. The van der Waals surface area contributed by atoms with Gasteiger partial charge in [0.05, 0.1) is 18.6 Å². The number of aromatic nitrogens is 2. The monoisotopic (exact) mass is 470 g/mol. The Bertz CT molecular complexity index is 1020. The van der Waals surface area contributed by atoms with Crippen molar-refractivity contribution in [1.29, 1.82) is 0 Å². The number of halogens is 3. The Morgan fingerprint density at radius 1 is 1.19 bits per heavy atom.